The van der Waals surface area contributed by atoms with Crippen LogP contribution in [0, 0.1) is 0 Å². The molecule has 0 atom stereocenters. The van der Waals surface area contributed by atoms with Gasteiger partial charge in [0.05, 0.1) is 11.2 Å². The lowest BCUT2D eigenvalue weighted by Gasteiger charge is -2.06. The van der Waals surface area contributed by atoms with Gasteiger partial charge in [-0.2, -0.15) is 0 Å². The lowest BCUT2D eigenvalue weighted by atomic mass is 10.2. The van der Waals surface area contributed by atoms with Gasteiger partial charge in [-0.25, -0.2) is 4.98 Å². The Bertz CT molecular complexity index is 840. The number of carbonyl (C=O) groups excluding carboxylic acids is 1. The molecule has 0 unspecified atom stereocenters. The van der Waals surface area contributed by atoms with Gasteiger partial charge < -0.3 is 9.88 Å². The van der Waals surface area contributed by atoms with E-state index in [-0.39, 0.29) is 10.6 Å². The van der Waals surface area contributed by atoms with Crippen molar-refractivity contribution in [2.24, 2.45) is 0 Å². The van der Waals surface area contributed by atoms with E-state index in [1.807, 2.05) is 29.0 Å². The lowest BCUT2D eigenvalue weighted by Crippen LogP contribution is -2.25. The quantitative estimate of drug-likeness (QED) is 0.735. The van der Waals surface area contributed by atoms with Crippen LogP contribution in [0.15, 0.2) is 53.8 Å². The number of carbonyl (C=O) groups is 1. The maximum absolute atomic E-state index is 12.1. The largest absolute Gasteiger partial charge is 0.351 e. The molecule has 1 aromatic carbocycles. The Morgan fingerprint density at radius 3 is 3.00 bits per heavy atom. The third-order valence-electron chi connectivity index (χ3n) is 3.33. The van der Waals surface area contributed by atoms with Crippen LogP contribution in [0.1, 0.15) is 16.1 Å². The van der Waals surface area contributed by atoms with E-state index in [0.717, 1.165) is 29.7 Å². The summed E-state index contributed by atoms with van der Waals surface area (Å²) in [6.07, 6.45) is 6.17. The molecule has 0 spiro atoms. The van der Waals surface area contributed by atoms with E-state index in [9.17, 15) is 9.59 Å². The van der Waals surface area contributed by atoms with Gasteiger partial charge in [-0.05, 0) is 23.9 Å². The average molecular weight is 313 g/mol. The van der Waals surface area contributed by atoms with Gasteiger partial charge in [0.2, 0.25) is 4.74 Å². The number of imidazole rings is 1. The Kier molecular flexibility index (Phi) is 4.29. The highest BCUT2D eigenvalue weighted by Gasteiger charge is 2.09. The molecular weight excluding hydrogens is 298 g/mol. The zero-order valence-corrected chi connectivity index (χ0v) is 12.7. The Labute approximate surface area is 131 Å². The van der Waals surface area contributed by atoms with Gasteiger partial charge in [-0.3, -0.25) is 9.59 Å². The molecule has 0 aliphatic heterocycles. The number of nitrogens with one attached hydrogen (secondary N) is 1. The second-order valence-corrected chi connectivity index (χ2v) is 5.91. The van der Waals surface area contributed by atoms with Crippen LogP contribution < -0.4 is 10.1 Å². The van der Waals surface area contributed by atoms with Crippen LogP contribution in [-0.4, -0.2) is 22.0 Å². The molecule has 6 heteroatoms. The summed E-state index contributed by atoms with van der Waals surface area (Å²) in [7, 11) is 0. The molecule has 0 bridgehead atoms. The molecule has 0 saturated heterocycles. The summed E-state index contributed by atoms with van der Waals surface area (Å²) in [5, 5.41) is 4.31. The molecule has 22 heavy (non-hydrogen) atoms. The highest BCUT2D eigenvalue weighted by Crippen LogP contribution is 2.14. The van der Waals surface area contributed by atoms with E-state index in [1.54, 1.807) is 24.7 Å². The van der Waals surface area contributed by atoms with Crippen LogP contribution in [0.25, 0.3) is 10.8 Å². The van der Waals surface area contributed by atoms with Crippen molar-refractivity contribution in [2.45, 2.75) is 13.0 Å². The topological polar surface area (TPSA) is 64.0 Å². The number of amides is 1. The summed E-state index contributed by atoms with van der Waals surface area (Å²) in [5.74, 6) is -0.196. The summed E-state index contributed by atoms with van der Waals surface area (Å²) in [5.41, 5.74) is 0. The van der Waals surface area contributed by atoms with Crippen LogP contribution in [-0.2, 0) is 6.54 Å². The van der Waals surface area contributed by atoms with Crippen molar-refractivity contribution in [2.75, 3.05) is 6.54 Å². The van der Waals surface area contributed by atoms with Crippen molar-refractivity contribution in [1.29, 1.82) is 0 Å². The predicted octanol–water partition coefficient (Wildman–Crippen LogP) is 2.28. The van der Waals surface area contributed by atoms with Crippen LogP contribution in [0.3, 0.4) is 0 Å². The van der Waals surface area contributed by atoms with E-state index in [0.29, 0.717) is 16.8 Å². The van der Waals surface area contributed by atoms with E-state index in [4.69, 9.17) is 0 Å². The second kappa shape index (κ2) is 6.53. The first-order valence-electron chi connectivity index (χ1n) is 7.01. The van der Waals surface area contributed by atoms with Crippen LogP contribution >= 0.6 is 11.3 Å². The van der Waals surface area contributed by atoms with Gasteiger partial charge in [0.1, 0.15) is 0 Å². The second-order valence-electron chi connectivity index (χ2n) is 4.90. The fraction of sp³-hybridized carbons (Fsp3) is 0.188. The van der Waals surface area contributed by atoms with Crippen LogP contribution in [0.2, 0.25) is 0 Å². The number of benzene rings is 1. The third kappa shape index (κ3) is 3.23. The average Bonchev–Trinajstić information content (AvgIpc) is 3.04. The number of hydrogen-bond donors (Lipinski definition) is 1. The molecule has 1 N–H and O–H groups in total. The fourth-order valence-corrected chi connectivity index (χ4v) is 3.06. The van der Waals surface area contributed by atoms with E-state index < -0.39 is 0 Å². The maximum atomic E-state index is 12.1. The minimum atomic E-state index is -0.196. The van der Waals surface area contributed by atoms with Crippen molar-refractivity contribution in [3.63, 3.8) is 0 Å². The molecule has 2 heterocycles. The number of rotatable bonds is 5. The van der Waals surface area contributed by atoms with Gasteiger partial charge >= 0.3 is 0 Å². The summed E-state index contributed by atoms with van der Waals surface area (Å²) >= 11 is 0.988. The first-order valence-corrected chi connectivity index (χ1v) is 7.82. The molecule has 2 aromatic heterocycles. The standard InChI is InChI=1S/C16H15N3O2S/c20-15(18-6-3-8-19-9-7-17-11-19)14-10-12-4-1-2-5-13(12)16(21)22-14/h1-2,4-5,7,9-11H,3,6,8H2,(H,18,20). The van der Waals surface area contributed by atoms with E-state index in [1.165, 1.54) is 0 Å². The SMILES string of the molecule is O=C(NCCCn1ccnc1)c1cc2ccccc2c(=O)s1. The first kappa shape index (κ1) is 14.5. The van der Waals surface area contributed by atoms with Crippen LogP contribution in [0.4, 0.5) is 0 Å². The number of hydrogen-bond acceptors (Lipinski definition) is 4. The van der Waals surface area contributed by atoms with E-state index >= 15 is 0 Å². The van der Waals surface area contributed by atoms with Crippen molar-refractivity contribution < 1.29 is 4.79 Å². The molecule has 0 aliphatic rings. The summed E-state index contributed by atoms with van der Waals surface area (Å²) in [6, 6.07) is 9.08. The van der Waals surface area contributed by atoms with Crippen molar-refractivity contribution in [1.82, 2.24) is 14.9 Å². The minimum Gasteiger partial charge on any atom is -0.351 e. The van der Waals surface area contributed by atoms with Gasteiger partial charge in [0.15, 0.2) is 0 Å². The highest BCUT2D eigenvalue weighted by atomic mass is 32.1. The number of nitrogens with zero attached hydrogens (tertiary/aromatic N) is 2. The highest BCUT2D eigenvalue weighted by molar-refractivity contribution is 7.12. The third-order valence-corrected chi connectivity index (χ3v) is 4.26. The van der Waals surface area contributed by atoms with Crippen molar-refractivity contribution in [3.05, 3.63) is 63.5 Å². The monoisotopic (exact) mass is 313 g/mol. The summed E-state index contributed by atoms with van der Waals surface area (Å²) in [4.78, 5) is 28.6. The Hall–Kier alpha value is -2.47. The number of aryl methyl sites for hydroxylation is 1. The molecule has 0 fully saturated rings. The number of aromatic nitrogens is 2. The summed E-state index contributed by atoms with van der Waals surface area (Å²) < 4.78 is 1.88. The van der Waals surface area contributed by atoms with Gasteiger partial charge in [0, 0.05) is 30.9 Å². The lowest BCUT2D eigenvalue weighted by molar-refractivity contribution is 0.0956. The minimum absolute atomic E-state index is 0.0818. The maximum Gasteiger partial charge on any atom is 0.261 e. The Morgan fingerprint density at radius 2 is 2.18 bits per heavy atom. The molecule has 1 amide bonds. The molecule has 3 aromatic rings. The molecule has 112 valence electrons. The van der Waals surface area contributed by atoms with E-state index in [2.05, 4.69) is 10.3 Å². The van der Waals surface area contributed by atoms with Gasteiger partial charge in [-0.15, -0.1) is 0 Å². The van der Waals surface area contributed by atoms with Crippen molar-refractivity contribution >= 4 is 28.0 Å². The van der Waals surface area contributed by atoms with Crippen molar-refractivity contribution in [3.8, 4) is 0 Å². The molecule has 5 nitrogen and oxygen atoms in total. The fourth-order valence-electron chi connectivity index (χ4n) is 2.22. The van der Waals surface area contributed by atoms with Gasteiger partial charge in [0.25, 0.3) is 5.91 Å². The molecule has 3 rings (SSSR count). The van der Waals surface area contributed by atoms with Crippen LogP contribution in [0.5, 0.6) is 0 Å². The molecule has 0 aliphatic carbocycles. The Balaban J connectivity index is 1.63. The molecule has 0 radical (unpaired) electrons. The number of fused-ring (bicyclic) bond motifs is 1. The zero-order valence-electron chi connectivity index (χ0n) is 11.9. The first-order chi connectivity index (χ1) is 10.7. The molecule has 0 saturated carbocycles. The predicted molar refractivity (Wildman–Crippen MR) is 87.3 cm³/mol. The zero-order chi connectivity index (χ0) is 15.4. The Morgan fingerprint density at radius 1 is 1.32 bits per heavy atom. The normalized spacial score (nSPS) is 10.7. The van der Waals surface area contributed by atoms with Gasteiger partial charge in [-0.1, -0.05) is 29.5 Å². The smallest absolute Gasteiger partial charge is 0.261 e. The summed E-state index contributed by atoms with van der Waals surface area (Å²) in [6.45, 7) is 1.36. The molecular formula is C16H15N3O2S.